The van der Waals surface area contributed by atoms with Crippen LogP contribution in [-0.4, -0.2) is 97.0 Å². The Morgan fingerprint density at radius 3 is 2.41 bits per heavy atom. The van der Waals surface area contributed by atoms with Crippen LogP contribution in [-0.2, 0) is 19.3 Å². The second-order valence-corrected chi connectivity index (χ2v) is 9.17. The quantitative estimate of drug-likeness (QED) is 0.274. The third-order valence-electron chi connectivity index (χ3n) is 4.95. The molecule has 0 bridgehead atoms. The summed E-state index contributed by atoms with van der Waals surface area (Å²) in [4.78, 5) is 6.80. The Hall–Kier alpha value is -0.900. The standard InChI is InChI=1S/C18H38N4O4S/c1-5-16(6-2)17(22-8-11-26-12-9-22)15-21-18(19-3)20-7-10-25-13-14-27(4,23)24/h16-17H,5-15H2,1-4H3,(H2,19,20,21). The lowest BCUT2D eigenvalue weighted by Gasteiger charge is -2.39. The van der Waals surface area contributed by atoms with Gasteiger partial charge in [-0.1, -0.05) is 26.7 Å². The highest BCUT2D eigenvalue weighted by Crippen LogP contribution is 2.19. The van der Waals surface area contributed by atoms with E-state index in [2.05, 4.69) is 34.4 Å². The van der Waals surface area contributed by atoms with Crippen LogP contribution in [0.15, 0.2) is 4.99 Å². The van der Waals surface area contributed by atoms with Crippen LogP contribution in [0.25, 0.3) is 0 Å². The molecular weight excluding hydrogens is 368 g/mol. The topological polar surface area (TPSA) is 92.3 Å². The van der Waals surface area contributed by atoms with E-state index in [1.54, 1.807) is 7.05 Å². The first-order chi connectivity index (χ1) is 12.9. The van der Waals surface area contributed by atoms with Crippen LogP contribution in [0.4, 0.5) is 0 Å². The van der Waals surface area contributed by atoms with E-state index in [9.17, 15) is 8.42 Å². The Kier molecular flexibility index (Phi) is 11.9. The summed E-state index contributed by atoms with van der Waals surface area (Å²) in [6.45, 7) is 10.1. The molecule has 0 saturated carbocycles. The van der Waals surface area contributed by atoms with E-state index >= 15 is 0 Å². The lowest BCUT2D eigenvalue weighted by atomic mass is 9.92. The van der Waals surface area contributed by atoms with E-state index in [4.69, 9.17) is 9.47 Å². The normalized spacial score (nSPS) is 17.9. The molecule has 1 atom stereocenters. The molecule has 27 heavy (non-hydrogen) atoms. The van der Waals surface area contributed by atoms with E-state index in [0.29, 0.717) is 25.1 Å². The van der Waals surface area contributed by atoms with Gasteiger partial charge in [0, 0.05) is 45.5 Å². The summed E-state index contributed by atoms with van der Waals surface area (Å²) in [5, 5.41) is 6.66. The highest BCUT2D eigenvalue weighted by atomic mass is 32.2. The number of nitrogens with zero attached hydrogens (tertiary/aromatic N) is 2. The van der Waals surface area contributed by atoms with Gasteiger partial charge in [0.1, 0.15) is 9.84 Å². The molecule has 1 aliphatic rings. The fraction of sp³-hybridized carbons (Fsp3) is 0.944. The minimum Gasteiger partial charge on any atom is -0.379 e. The number of hydrogen-bond acceptors (Lipinski definition) is 6. The molecule has 1 unspecified atom stereocenters. The number of hydrogen-bond donors (Lipinski definition) is 2. The molecule has 0 aliphatic carbocycles. The molecule has 8 nitrogen and oxygen atoms in total. The number of guanidine groups is 1. The highest BCUT2D eigenvalue weighted by Gasteiger charge is 2.26. The minimum absolute atomic E-state index is 0.0522. The van der Waals surface area contributed by atoms with Crippen molar-refractivity contribution in [2.24, 2.45) is 10.9 Å². The van der Waals surface area contributed by atoms with E-state index < -0.39 is 9.84 Å². The van der Waals surface area contributed by atoms with Crippen LogP contribution in [0.5, 0.6) is 0 Å². The highest BCUT2D eigenvalue weighted by molar-refractivity contribution is 7.90. The zero-order valence-corrected chi connectivity index (χ0v) is 18.2. The van der Waals surface area contributed by atoms with Gasteiger partial charge in [0.15, 0.2) is 5.96 Å². The largest absolute Gasteiger partial charge is 0.379 e. The molecule has 0 aromatic carbocycles. The second kappa shape index (κ2) is 13.3. The Bertz CT molecular complexity index is 517. The van der Waals surface area contributed by atoms with Crippen molar-refractivity contribution >= 4 is 15.8 Å². The molecule has 0 aromatic heterocycles. The van der Waals surface area contributed by atoms with Crippen LogP contribution >= 0.6 is 0 Å². The maximum atomic E-state index is 11.1. The average molecular weight is 407 g/mol. The zero-order chi connectivity index (χ0) is 20.1. The number of rotatable bonds is 12. The lowest BCUT2D eigenvalue weighted by molar-refractivity contribution is 0.00271. The Morgan fingerprint density at radius 2 is 1.85 bits per heavy atom. The van der Waals surface area contributed by atoms with Gasteiger partial charge in [0.2, 0.25) is 0 Å². The number of ether oxygens (including phenoxy) is 2. The Morgan fingerprint density at radius 1 is 1.19 bits per heavy atom. The first-order valence-corrected chi connectivity index (χ1v) is 12.0. The molecule has 1 aliphatic heterocycles. The van der Waals surface area contributed by atoms with Crippen LogP contribution in [0.2, 0.25) is 0 Å². The van der Waals surface area contributed by atoms with Crippen molar-refractivity contribution in [3.63, 3.8) is 0 Å². The molecule has 0 aromatic rings. The van der Waals surface area contributed by atoms with Gasteiger partial charge in [0.25, 0.3) is 0 Å². The molecule has 2 N–H and O–H groups in total. The average Bonchev–Trinajstić information content (AvgIpc) is 2.65. The van der Waals surface area contributed by atoms with Crippen LogP contribution in [0.1, 0.15) is 26.7 Å². The summed E-state index contributed by atoms with van der Waals surface area (Å²) >= 11 is 0. The predicted octanol–water partition coefficient (Wildman–Crippen LogP) is 0.350. The third-order valence-corrected chi connectivity index (χ3v) is 5.86. The van der Waals surface area contributed by atoms with E-state index in [-0.39, 0.29) is 12.4 Å². The Labute approximate surface area is 165 Å². The molecule has 0 radical (unpaired) electrons. The van der Waals surface area contributed by atoms with Crippen molar-refractivity contribution in [1.82, 2.24) is 15.5 Å². The van der Waals surface area contributed by atoms with Crippen LogP contribution < -0.4 is 10.6 Å². The molecule has 1 fully saturated rings. The Balaban J connectivity index is 2.40. The molecule has 0 amide bonds. The van der Waals surface area contributed by atoms with E-state index in [1.165, 1.54) is 6.26 Å². The zero-order valence-electron chi connectivity index (χ0n) is 17.4. The SMILES string of the molecule is CCC(CC)C(CNC(=NC)NCCOCCS(C)(=O)=O)N1CCOCC1. The number of sulfone groups is 1. The van der Waals surface area contributed by atoms with Crippen molar-refractivity contribution in [2.75, 3.05) is 71.7 Å². The summed E-state index contributed by atoms with van der Waals surface area (Å²) in [7, 11) is -1.22. The van der Waals surface area contributed by atoms with E-state index in [0.717, 1.165) is 51.6 Å². The summed E-state index contributed by atoms with van der Waals surface area (Å²) in [6, 6.07) is 0.452. The maximum Gasteiger partial charge on any atom is 0.191 e. The van der Waals surface area contributed by atoms with Gasteiger partial charge in [-0.25, -0.2) is 8.42 Å². The fourth-order valence-corrected chi connectivity index (χ4v) is 3.73. The predicted molar refractivity (Wildman–Crippen MR) is 110 cm³/mol. The van der Waals surface area contributed by atoms with Crippen molar-refractivity contribution in [3.05, 3.63) is 0 Å². The maximum absolute atomic E-state index is 11.1. The fourth-order valence-electron chi connectivity index (χ4n) is 3.31. The summed E-state index contributed by atoms with van der Waals surface area (Å²) in [5.41, 5.74) is 0. The second-order valence-electron chi connectivity index (χ2n) is 6.91. The molecular formula is C18H38N4O4S. The molecule has 160 valence electrons. The van der Waals surface area contributed by atoms with E-state index in [1.807, 2.05) is 0 Å². The van der Waals surface area contributed by atoms with Crippen LogP contribution in [0.3, 0.4) is 0 Å². The lowest BCUT2D eigenvalue weighted by Crippen LogP contribution is -2.53. The minimum atomic E-state index is -2.97. The molecule has 1 heterocycles. The summed E-state index contributed by atoms with van der Waals surface area (Å²) in [5.74, 6) is 1.43. The number of nitrogens with one attached hydrogen (secondary N) is 2. The number of aliphatic imine (C=N–C) groups is 1. The first kappa shape index (κ1) is 24.1. The monoisotopic (exact) mass is 406 g/mol. The first-order valence-electron chi connectivity index (χ1n) is 9.93. The molecule has 1 saturated heterocycles. The molecule has 0 spiro atoms. The number of morpholine rings is 1. The molecule has 1 rings (SSSR count). The van der Waals surface area contributed by atoms with Crippen molar-refractivity contribution in [1.29, 1.82) is 0 Å². The smallest absolute Gasteiger partial charge is 0.191 e. The van der Waals surface area contributed by atoms with Gasteiger partial charge in [-0.2, -0.15) is 0 Å². The van der Waals surface area contributed by atoms with Gasteiger partial charge in [-0.15, -0.1) is 0 Å². The van der Waals surface area contributed by atoms with Gasteiger partial charge in [0.05, 0.1) is 32.2 Å². The van der Waals surface area contributed by atoms with Crippen molar-refractivity contribution in [2.45, 2.75) is 32.7 Å². The van der Waals surface area contributed by atoms with Gasteiger partial charge in [-0.3, -0.25) is 9.89 Å². The third kappa shape index (κ3) is 10.3. The van der Waals surface area contributed by atoms with Crippen molar-refractivity contribution in [3.8, 4) is 0 Å². The van der Waals surface area contributed by atoms with Crippen molar-refractivity contribution < 1.29 is 17.9 Å². The summed E-state index contributed by atoms with van der Waals surface area (Å²) in [6.07, 6.45) is 3.52. The molecule has 9 heteroatoms. The van der Waals surface area contributed by atoms with Gasteiger partial charge in [-0.05, 0) is 5.92 Å². The van der Waals surface area contributed by atoms with Gasteiger partial charge < -0.3 is 20.1 Å². The summed E-state index contributed by atoms with van der Waals surface area (Å²) < 4.78 is 33.0. The van der Waals surface area contributed by atoms with Crippen LogP contribution in [0, 0.1) is 5.92 Å². The van der Waals surface area contributed by atoms with Gasteiger partial charge >= 0.3 is 0 Å².